The van der Waals surface area contributed by atoms with Crippen LogP contribution in [0, 0.1) is 11.3 Å². The largest absolute Gasteiger partial charge is 0.616 e. The van der Waals surface area contributed by atoms with Gasteiger partial charge in [0, 0.05) is 42.1 Å². The molecule has 184 valence electrons. The summed E-state index contributed by atoms with van der Waals surface area (Å²) in [6, 6.07) is 13.5. The van der Waals surface area contributed by atoms with Gasteiger partial charge in [-0.15, -0.1) is 0 Å². The smallest absolute Gasteiger partial charge is 0.177 e. The highest BCUT2D eigenvalue weighted by molar-refractivity contribution is 7.89. The number of aromatic nitrogens is 4. The summed E-state index contributed by atoms with van der Waals surface area (Å²) in [5.41, 5.74) is 16.0. The number of rotatable bonds is 7. The van der Waals surface area contributed by atoms with Crippen molar-refractivity contribution in [3.63, 3.8) is 0 Å². The first kappa shape index (κ1) is 23.7. The second kappa shape index (κ2) is 9.90. The Morgan fingerprint density at radius 1 is 1.19 bits per heavy atom. The van der Waals surface area contributed by atoms with Crippen molar-refractivity contribution in [2.45, 2.75) is 18.2 Å². The Balaban J connectivity index is 1.50. The van der Waals surface area contributed by atoms with Crippen molar-refractivity contribution in [1.29, 1.82) is 5.26 Å². The number of pyridine rings is 1. The van der Waals surface area contributed by atoms with Gasteiger partial charge in [0.2, 0.25) is 0 Å². The zero-order chi connectivity index (χ0) is 25.2. The molecule has 1 fully saturated rings. The number of nitrogens with zero attached hydrogens (tertiary/aromatic N) is 6. The highest BCUT2D eigenvalue weighted by atomic mass is 32.2. The van der Waals surface area contributed by atoms with Crippen LogP contribution in [0.5, 0.6) is 0 Å². The van der Waals surface area contributed by atoms with Crippen LogP contribution in [0.15, 0.2) is 48.8 Å². The molecule has 1 aromatic carbocycles. The molecule has 5 rings (SSSR count). The monoisotopic (exact) mass is 502 g/mol. The molecule has 11 nitrogen and oxygen atoms in total. The van der Waals surface area contributed by atoms with Gasteiger partial charge in [-0.2, -0.15) is 14.9 Å². The van der Waals surface area contributed by atoms with Crippen LogP contribution in [0.1, 0.15) is 17.5 Å². The van der Waals surface area contributed by atoms with E-state index in [2.05, 4.69) is 36.7 Å². The number of benzene rings is 1. The number of fused-ring (bicyclic) bond motifs is 1. The fourth-order valence-corrected chi connectivity index (χ4v) is 4.93. The van der Waals surface area contributed by atoms with E-state index in [9.17, 15) is 9.81 Å². The molecule has 0 radical (unpaired) electrons. The highest BCUT2D eigenvalue weighted by Gasteiger charge is 2.23. The molecule has 1 saturated heterocycles. The molecular formula is C24H26N10OS. The van der Waals surface area contributed by atoms with Gasteiger partial charge in [-0.05, 0) is 36.8 Å². The molecule has 0 bridgehead atoms. The summed E-state index contributed by atoms with van der Waals surface area (Å²) in [5.74, 6) is 2.08. The summed E-state index contributed by atoms with van der Waals surface area (Å²) >= 11 is -1.01. The van der Waals surface area contributed by atoms with Gasteiger partial charge in [-0.3, -0.25) is 0 Å². The number of nitriles is 1. The Labute approximate surface area is 211 Å². The minimum absolute atomic E-state index is 0.144. The lowest BCUT2D eigenvalue weighted by Crippen LogP contribution is -2.27. The summed E-state index contributed by atoms with van der Waals surface area (Å²) in [6.07, 6.45) is 5.65. The van der Waals surface area contributed by atoms with Gasteiger partial charge in [0.1, 0.15) is 34.8 Å². The molecular weight excluding hydrogens is 476 g/mol. The molecule has 4 heterocycles. The predicted octanol–water partition coefficient (Wildman–Crippen LogP) is 2.48. The standard InChI is InChI=1S/C24H26N10OS/c1-36(35)14-15-8-19(3-4-20(15)33-7-6-18(27)13-33)30-22-9-23(31-21-5-2-17(26)12-28-21)34-24(32-22)16(10-25)11-29-34/h2-5,8-9,11-12,18H,6-7,13-14,26-27H2,1H3,(H,28,31)(H,30,32)/t18-,36?/m0/s1. The molecule has 0 spiro atoms. The third-order valence-electron chi connectivity index (χ3n) is 5.91. The fourth-order valence-electron chi connectivity index (χ4n) is 4.27. The average Bonchev–Trinajstić information content (AvgIpc) is 3.46. The molecule has 1 aliphatic rings. The Morgan fingerprint density at radius 2 is 2.06 bits per heavy atom. The zero-order valence-electron chi connectivity index (χ0n) is 19.7. The van der Waals surface area contributed by atoms with Gasteiger partial charge in [0.25, 0.3) is 0 Å². The van der Waals surface area contributed by atoms with Crippen molar-refractivity contribution in [3.8, 4) is 6.07 Å². The number of nitrogens with one attached hydrogen (secondary N) is 2. The molecule has 36 heavy (non-hydrogen) atoms. The minimum Gasteiger partial charge on any atom is -0.616 e. The Bertz CT molecular complexity index is 1430. The number of anilines is 6. The molecule has 0 amide bonds. The number of hydrogen-bond donors (Lipinski definition) is 4. The first-order valence-corrected chi connectivity index (χ1v) is 13.1. The van der Waals surface area contributed by atoms with Gasteiger partial charge in [-0.25, -0.2) is 9.97 Å². The lowest BCUT2D eigenvalue weighted by Gasteiger charge is -2.23. The van der Waals surface area contributed by atoms with Crippen molar-refractivity contribution >= 4 is 51.3 Å². The third kappa shape index (κ3) is 4.99. The molecule has 1 unspecified atom stereocenters. The van der Waals surface area contributed by atoms with Crippen LogP contribution in [-0.2, 0) is 16.9 Å². The minimum atomic E-state index is -1.01. The van der Waals surface area contributed by atoms with Crippen molar-refractivity contribution in [1.82, 2.24) is 19.6 Å². The van der Waals surface area contributed by atoms with Crippen LogP contribution in [0.2, 0.25) is 0 Å². The van der Waals surface area contributed by atoms with Gasteiger partial charge in [-0.1, -0.05) is 11.2 Å². The number of nitrogen functional groups attached to an aromatic ring is 1. The average molecular weight is 503 g/mol. The van der Waals surface area contributed by atoms with Gasteiger partial charge < -0.3 is 31.6 Å². The molecule has 2 atom stereocenters. The molecule has 12 heteroatoms. The Kier molecular flexibility index (Phi) is 6.51. The SMILES string of the molecule is C[S+]([O-])Cc1cc(Nc2cc(Nc3ccc(N)cn3)n3ncc(C#N)c3n2)ccc1N1CC[C@H](N)C1. The van der Waals surface area contributed by atoms with E-state index in [1.54, 1.807) is 35.2 Å². The zero-order valence-corrected chi connectivity index (χ0v) is 20.5. The summed E-state index contributed by atoms with van der Waals surface area (Å²) < 4.78 is 13.7. The summed E-state index contributed by atoms with van der Waals surface area (Å²) in [7, 11) is 0. The highest BCUT2D eigenvalue weighted by Crippen LogP contribution is 2.31. The predicted molar refractivity (Wildman–Crippen MR) is 142 cm³/mol. The Morgan fingerprint density at radius 3 is 2.75 bits per heavy atom. The van der Waals surface area contributed by atoms with Gasteiger partial charge >= 0.3 is 0 Å². The summed E-state index contributed by atoms with van der Waals surface area (Å²) in [4.78, 5) is 11.1. The quantitative estimate of drug-likeness (QED) is 0.275. The van der Waals surface area contributed by atoms with Crippen molar-refractivity contribution in [2.24, 2.45) is 5.73 Å². The van der Waals surface area contributed by atoms with Crippen LogP contribution < -0.4 is 27.0 Å². The normalized spacial score (nSPS) is 16.2. The molecule has 6 N–H and O–H groups in total. The maximum Gasteiger partial charge on any atom is 0.177 e. The number of nitrogens with two attached hydrogens (primary N) is 2. The van der Waals surface area contributed by atoms with E-state index in [1.807, 2.05) is 18.2 Å². The van der Waals surface area contributed by atoms with E-state index in [0.717, 1.165) is 36.4 Å². The van der Waals surface area contributed by atoms with Crippen molar-refractivity contribution in [3.05, 3.63) is 59.9 Å². The second-order valence-corrected chi connectivity index (χ2v) is 10.1. The van der Waals surface area contributed by atoms with Crippen LogP contribution >= 0.6 is 0 Å². The topological polar surface area (TPSA) is 169 Å². The van der Waals surface area contributed by atoms with Crippen LogP contribution in [0.3, 0.4) is 0 Å². The van der Waals surface area contributed by atoms with Crippen LogP contribution in [0.4, 0.5) is 34.5 Å². The van der Waals surface area contributed by atoms with E-state index in [-0.39, 0.29) is 6.04 Å². The van der Waals surface area contributed by atoms with E-state index in [0.29, 0.717) is 40.1 Å². The summed E-state index contributed by atoms with van der Waals surface area (Å²) in [6.45, 7) is 1.66. The van der Waals surface area contributed by atoms with Gasteiger partial charge in [0.05, 0.1) is 24.3 Å². The maximum absolute atomic E-state index is 12.1. The second-order valence-electron chi connectivity index (χ2n) is 8.71. The number of hydrogen-bond acceptors (Lipinski definition) is 10. The molecule has 3 aromatic heterocycles. The maximum atomic E-state index is 12.1. The van der Waals surface area contributed by atoms with Crippen LogP contribution in [0.25, 0.3) is 5.65 Å². The lowest BCUT2D eigenvalue weighted by molar-refractivity contribution is 0.600. The van der Waals surface area contributed by atoms with E-state index >= 15 is 0 Å². The van der Waals surface area contributed by atoms with Crippen LogP contribution in [-0.4, -0.2) is 49.5 Å². The first-order valence-electron chi connectivity index (χ1n) is 11.4. The van der Waals surface area contributed by atoms with E-state index in [4.69, 9.17) is 11.5 Å². The Hall–Kier alpha value is -4.05. The van der Waals surface area contributed by atoms with Crippen molar-refractivity contribution in [2.75, 3.05) is 40.6 Å². The van der Waals surface area contributed by atoms with E-state index in [1.165, 1.54) is 6.20 Å². The lowest BCUT2D eigenvalue weighted by atomic mass is 10.1. The molecule has 0 saturated carbocycles. The summed E-state index contributed by atoms with van der Waals surface area (Å²) in [5, 5.41) is 20.4. The molecule has 1 aliphatic heterocycles. The van der Waals surface area contributed by atoms with Gasteiger partial charge in [0.15, 0.2) is 5.65 Å². The van der Waals surface area contributed by atoms with Crippen molar-refractivity contribution < 1.29 is 4.55 Å². The van der Waals surface area contributed by atoms with E-state index < -0.39 is 11.2 Å². The fraction of sp³-hybridized carbons (Fsp3) is 0.250. The molecule has 0 aliphatic carbocycles. The molecule has 4 aromatic rings. The first-order chi connectivity index (χ1) is 17.4. The third-order valence-corrected chi connectivity index (χ3v) is 6.63.